The van der Waals surface area contributed by atoms with Gasteiger partial charge in [-0.05, 0) is 13.3 Å². The van der Waals surface area contributed by atoms with Crippen LogP contribution in [0.1, 0.15) is 26.7 Å². The smallest absolute Gasteiger partial charge is 0.239 e. The van der Waals surface area contributed by atoms with E-state index in [4.69, 9.17) is 18.0 Å². The fourth-order valence-corrected chi connectivity index (χ4v) is 1.71. The Hall–Kier alpha value is -1.17. The first-order chi connectivity index (χ1) is 7.93. The zero-order valence-electron chi connectivity index (χ0n) is 10.7. The molecule has 0 aliphatic rings. The van der Waals surface area contributed by atoms with Crippen LogP contribution in [0.15, 0.2) is 0 Å². The maximum Gasteiger partial charge on any atom is 0.239 e. The minimum atomic E-state index is -0.463. The number of nitrogens with zero attached hydrogens (tertiary/aromatic N) is 1. The Bertz CT molecular complexity index is 294. The van der Waals surface area contributed by atoms with Crippen molar-refractivity contribution in [1.82, 2.24) is 10.2 Å². The van der Waals surface area contributed by atoms with Crippen molar-refractivity contribution in [3.63, 3.8) is 0 Å². The van der Waals surface area contributed by atoms with Gasteiger partial charge in [0.1, 0.15) is 0 Å². The monoisotopic (exact) mass is 259 g/mol. The Morgan fingerprint density at radius 2 is 2.00 bits per heavy atom. The molecule has 98 valence electrons. The number of thiocarbonyl (C=S) groups is 1. The fraction of sp³-hybridized carbons (Fsp3) is 0.727. The summed E-state index contributed by atoms with van der Waals surface area (Å²) in [4.78, 5) is 24.9. The van der Waals surface area contributed by atoms with Crippen LogP contribution in [0.25, 0.3) is 0 Å². The van der Waals surface area contributed by atoms with Gasteiger partial charge in [0.2, 0.25) is 11.8 Å². The maximum atomic E-state index is 12.0. The maximum absolute atomic E-state index is 12.0. The minimum Gasteiger partial charge on any atom is -0.393 e. The first-order valence-electron chi connectivity index (χ1n) is 5.75. The first-order valence-corrected chi connectivity index (χ1v) is 6.15. The standard InChI is InChI=1S/C11H21N3O2S/c1-4-6-8(10(12)17)11(16)14(3)7-9(15)13-5-2/h8H,4-7H2,1-3H3,(H2,12,17)(H,13,15). The van der Waals surface area contributed by atoms with E-state index in [0.29, 0.717) is 13.0 Å². The van der Waals surface area contributed by atoms with Gasteiger partial charge in [-0.1, -0.05) is 25.6 Å². The summed E-state index contributed by atoms with van der Waals surface area (Å²) in [5.41, 5.74) is 5.53. The Morgan fingerprint density at radius 3 is 2.41 bits per heavy atom. The van der Waals surface area contributed by atoms with E-state index in [1.54, 1.807) is 7.05 Å². The molecule has 0 aromatic rings. The molecule has 0 rings (SSSR count). The minimum absolute atomic E-state index is 0.0372. The van der Waals surface area contributed by atoms with Crippen molar-refractivity contribution in [1.29, 1.82) is 0 Å². The SMILES string of the molecule is CCCC(C(=O)N(C)CC(=O)NCC)C(N)=S. The molecule has 0 spiro atoms. The molecule has 17 heavy (non-hydrogen) atoms. The third-order valence-electron chi connectivity index (χ3n) is 2.35. The van der Waals surface area contributed by atoms with Crippen LogP contribution in [0, 0.1) is 5.92 Å². The quantitative estimate of drug-likeness (QED) is 0.644. The molecule has 0 aliphatic carbocycles. The van der Waals surface area contributed by atoms with E-state index in [-0.39, 0.29) is 23.3 Å². The Morgan fingerprint density at radius 1 is 1.41 bits per heavy atom. The average molecular weight is 259 g/mol. The molecule has 0 heterocycles. The van der Waals surface area contributed by atoms with Crippen LogP contribution in [-0.2, 0) is 9.59 Å². The van der Waals surface area contributed by atoms with Crippen molar-refractivity contribution < 1.29 is 9.59 Å². The lowest BCUT2D eigenvalue weighted by Crippen LogP contribution is -2.43. The molecule has 5 nitrogen and oxygen atoms in total. The molecule has 3 N–H and O–H groups in total. The van der Waals surface area contributed by atoms with Crippen LogP contribution >= 0.6 is 12.2 Å². The number of nitrogens with two attached hydrogens (primary N) is 1. The molecule has 0 radical (unpaired) electrons. The molecule has 1 unspecified atom stereocenters. The summed E-state index contributed by atoms with van der Waals surface area (Å²) in [6.07, 6.45) is 1.44. The lowest BCUT2D eigenvalue weighted by molar-refractivity contribution is -0.136. The van der Waals surface area contributed by atoms with Crippen molar-refractivity contribution in [3.8, 4) is 0 Å². The van der Waals surface area contributed by atoms with Gasteiger partial charge in [0.15, 0.2) is 0 Å². The van der Waals surface area contributed by atoms with Crippen LogP contribution in [0.3, 0.4) is 0 Å². The van der Waals surface area contributed by atoms with Crippen molar-refractivity contribution >= 4 is 29.0 Å². The zero-order chi connectivity index (χ0) is 13.4. The van der Waals surface area contributed by atoms with Crippen molar-refractivity contribution in [3.05, 3.63) is 0 Å². The summed E-state index contributed by atoms with van der Waals surface area (Å²) in [7, 11) is 1.58. The van der Waals surface area contributed by atoms with Crippen LogP contribution in [0.4, 0.5) is 0 Å². The number of amides is 2. The summed E-state index contributed by atoms with van der Waals surface area (Å²) >= 11 is 4.87. The zero-order valence-corrected chi connectivity index (χ0v) is 11.5. The molecule has 0 aromatic carbocycles. The van der Waals surface area contributed by atoms with E-state index < -0.39 is 5.92 Å². The molecule has 6 heteroatoms. The number of nitrogens with one attached hydrogen (secondary N) is 1. The van der Waals surface area contributed by atoms with E-state index in [0.717, 1.165) is 6.42 Å². The van der Waals surface area contributed by atoms with Gasteiger partial charge in [0.05, 0.1) is 17.5 Å². The molecule has 2 amide bonds. The predicted octanol–water partition coefficient (Wildman–Crippen LogP) is 0.283. The van der Waals surface area contributed by atoms with Crippen LogP contribution in [0.2, 0.25) is 0 Å². The highest BCUT2D eigenvalue weighted by molar-refractivity contribution is 7.80. The van der Waals surface area contributed by atoms with E-state index in [1.165, 1.54) is 4.90 Å². The van der Waals surface area contributed by atoms with Gasteiger partial charge in [0, 0.05) is 13.6 Å². The Kier molecular flexibility index (Phi) is 7.45. The van der Waals surface area contributed by atoms with Gasteiger partial charge in [-0.15, -0.1) is 0 Å². The lowest BCUT2D eigenvalue weighted by Gasteiger charge is -2.22. The topological polar surface area (TPSA) is 75.4 Å². The molecule has 0 fully saturated rings. The number of carbonyl (C=O) groups is 2. The Labute approximate surface area is 108 Å². The second-order valence-electron chi connectivity index (χ2n) is 3.89. The molecule has 0 saturated carbocycles. The normalized spacial score (nSPS) is 11.7. The van der Waals surface area contributed by atoms with Gasteiger partial charge in [0.25, 0.3) is 0 Å². The largest absolute Gasteiger partial charge is 0.393 e. The summed E-state index contributed by atoms with van der Waals surface area (Å²) in [5.74, 6) is -0.832. The lowest BCUT2D eigenvalue weighted by atomic mass is 10.0. The van der Waals surface area contributed by atoms with Crippen LogP contribution < -0.4 is 11.1 Å². The first kappa shape index (κ1) is 15.8. The highest BCUT2D eigenvalue weighted by atomic mass is 32.1. The van der Waals surface area contributed by atoms with Crippen molar-refractivity contribution in [2.24, 2.45) is 11.7 Å². The van der Waals surface area contributed by atoms with E-state index in [1.807, 2.05) is 13.8 Å². The van der Waals surface area contributed by atoms with Crippen molar-refractivity contribution in [2.75, 3.05) is 20.1 Å². The number of likely N-dealkylation sites (N-methyl/N-ethyl adjacent to an activating group) is 2. The molecule has 1 atom stereocenters. The van der Waals surface area contributed by atoms with Crippen LogP contribution in [0.5, 0.6) is 0 Å². The fourth-order valence-electron chi connectivity index (χ4n) is 1.49. The molecule has 0 aromatic heterocycles. The number of rotatable bonds is 7. The van der Waals surface area contributed by atoms with E-state index in [9.17, 15) is 9.59 Å². The van der Waals surface area contributed by atoms with Crippen molar-refractivity contribution in [2.45, 2.75) is 26.7 Å². The molecule has 0 aliphatic heterocycles. The summed E-state index contributed by atoms with van der Waals surface area (Å²) in [5, 5.41) is 2.63. The number of hydrogen-bond donors (Lipinski definition) is 2. The third-order valence-corrected chi connectivity index (χ3v) is 2.63. The molecular formula is C11H21N3O2S. The van der Waals surface area contributed by atoms with Gasteiger partial charge in [-0.3, -0.25) is 9.59 Å². The van der Waals surface area contributed by atoms with Gasteiger partial charge in [-0.25, -0.2) is 0 Å². The number of carbonyl (C=O) groups excluding carboxylic acids is 2. The average Bonchev–Trinajstić information content (AvgIpc) is 2.24. The van der Waals surface area contributed by atoms with Crippen LogP contribution in [-0.4, -0.2) is 41.8 Å². The second-order valence-corrected chi connectivity index (χ2v) is 4.36. The second kappa shape index (κ2) is 8.00. The highest BCUT2D eigenvalue weighted by Gasteiger charge is 2.24. The number of hydrogen-bond acceptors (Lipinski definition) is 3. The third kappa shape index (κ3) is 5.63. The Balaban J connectivity index is 4.44. The van der Waals surface area contributed by atoms with Gasteiger partial charge < -0.3 is 16.0 Å². The summed E-state index contributed by atoms with van der Waals surface area (Å²) in [6.45, 7) is 4.38. The molecule has 0 bridgehead atoms. The van der Waals surface area contributed by atoms with E-state index in [2.05, 4.69) is 5.32 Å². The molecular weight excluding hydrogens is 238 g/mol. The van der Waals surface area contributed by atoms with Gasteiger partial charge in [-0.2, -0.15) is 0 Å². The van der Waals surface area contributed by atoms with E-state index >= 15 is 0 Å². The highest BCUT2D eigenvalue weighted by Crippen LogP contribution is 2.10. The summed E-state index contributed by atoms with van der Waals surface area (Å²) < 4.78 is 0. The predicted molar refractivity (Wildman–Crippen MR) is 71.5 cm³/mol. The molecule has 0 saturated heterocycles. The van der Waals surface area contributed by atoms with Gasteiger partial charge >= 0.3 is 0 Å². The summed E-state index contributed by atoms with van der Waals surface area (Å²) in [6, 6.07) is 0.